The maximum absolute atomic E-state index is 13.0. The third kappa shape index (κ3) is 15.9. The molecule has 11 nitrogen and oxygen atoms in total. The van der Waals surface area contributed by atoms with Gasteiger partial charge in [-0.2, -0.15) is 0 Å². The first-order valence-electron chi connectivity index (χ1n) is 14.9. The smallest absolute Gasteiger partial charge is 0.407 e. The van der Waals surface area contributed by atoms with Crippen molar-refractivity contribution in [3.63, 3.8) is 0 Å². The first-order chi connectivity index (χ1) is 20.9. The van der Waals surface area contributed by atoms with Crippen LogP contribution in [0, 0.1) is 5.41 Å². The number of rotatable bonds is 17. The summed E-state index contributed by atoms with van der Waals surface area (Å²) in [5.74, 6) is -1.02. The molecule has 0 saturated carbocycles. The zero-order valence-corrected chi connectivity index (χ0v) is 26.9. The van der Waals surface area contributed by atoms with E-state index in [0.29, 0.717) is 45.2 Å². The number of carbonyl (C=O) groups is 4. The molecular weight excluding hydrogens is 564 g/mol. The molecule has 0 fully saturated rings. The van der Waals surface area contributed by atoms with E-state index in [0.717, 1.165) is 5.57 Å². The molecule has 1 heterocycles. The molecule has 1 rings (SSSR count). The number of nitrogens with one attached hydrogen (secondary N) is 3. The van der Waals surface area contributed by atoms with Crippen molar-refractivity contribution in [1.82, 2.24) is 16.0 Å². The minimum absolute atomic E-state index is 0.226. The van der Waals surface area contributed by atoms with Crippen molar-refractivity contribution in [3.05, 3.63) is 72.2 Å². The monoisotopic (exact) mass is 614 g/mol. The molecule has 0 saturated heterocycles. The Balaban J connectivity index is 2.64. The van der Waals surface area contributed by atoms with Gasteiger partial charge in [0.1, 0.15) is 18.2 Å². The number of methoxy groups -OCH3 is 1. The van der Waals surface area contributed by atoms with E-state index in [9.17, 15) is 19.2 Å². The van der Waals surface area contributed by atoms with Crippen LogP contribution >= 0.6 is 0 Å². The highest BCUT2D eigenvalue weighted by molar-refractivity contribution is 5.93. The third-order valence-corrected chi connectivity index (χ3v) is 6.40. The fraction of sp³-hybridized carbons (Fsp3) is 0.515. The predicted octanol–water partition coefficient (Wildman–Crippen LogP) is 4.24. The minimum atomic E-state index is -0.802. The molecule has 0 spiro atoms. The molecule has 44 heavy (non-hydrogen) atoms. The van der Waals surface area contributed by atoms with Crippen molar-refractivity contribution < 1.29 is 33.4 Å². The number of alkyl carbamates (subject to hydrolysis) is 1. The Morgan fingerprint density at radius 1 is 1.16 bits per heavy atom. The van der Waals surface area contributed by atoms with Crippen LogP contribution in [0.15, 0.2) is 72.2 Å². The van der Waals surface area contributed by atoms with Crippen LogP contribution in [-0.2, 0) is 28.6 Å². The lowest BCUT2D eigenvalue weighted by molar-refractivity contribution is -0.149. The highest BCUT2D eigenvalue weighted by Crippen LogP contribution is 2.20. The lowest BCUT2D eigenvalue weighted by Crippen LogP contribution is -2.52. The van der Waals surface area contributed by atoms with Crippen LogP contribution in [0.4, 0.5) is 4.79 Å². The Bertz CT molecular complexity index is 1130. The Morgan fingerprint density at radius 2 is 1.86 bits per heavy atom. The summed E-state index contributed by atoms with van der Waals surface area (Å²) in [6.07, 6.45) is 18.7. The number of hydrogen-bond acceptors (Lipinski definition) is 8. The average molecular weight is 615 g/mol. The first kappa shape index (κ1) is 37.9. The molecule has 3 atom stereocenters. The highest BCUT2D eigenvalue weighted by Gasteiger charge is 2.32. The Labute approximate surface area is 261 Å². The van der Waals surface area contributed by atoms with Crippen molar-refractivity contribution in [1.29, 1.82) is 0 Å². The van der Waals surface area contributed by atoms with Gasteiger partial charge in [-0.25, -0.2) is 9.59 Å². The van der Waals surface area contributed by atoms with Crippen molar-refractivity contribution in [2.75, 3.05) is 20.2 Å². The summed E-state index contributed by atoms with van der Waals surface area (Å²) >= 11 is 0. The SMILES string of the molecule is C/C=C\CC(C/C=C\NC(=O)C(NC(=O)\C=C/C=C\C(C)=C\CC1CC=C(OC)C(=O)O1)C(C)(C)C)OC(=O)NCCCN. The van der Waals surface area contributed by atoms with Crippen LogP contribution in [0.5, 0.6) is 0 Å². The van der Waals surface area contributed by atoms with E-state index in [-0.39, 0.29) is 17.8 Å². The van der Waals surface area contributed by atoms with Crippen LogP contribution in [0.25, 0.3) is 0 Å². The van der Waals surface area contributed by atoms with Crippen molar-refractivity contribution in [2.45, 2.75) is 85.0 Å². The van der Waals surface area contributed by atoms with Gasteiger partial charge in [0.2, 0.25) is 11.8 Å². The van der Waals surface area contributed by atoms with Gasteiger partial charge in [0, 0.05) is 38.3 Å². The van der Waals surface area contributed by atoms with Gasteiger partial charge in [0.05, 0.1) is 7.11 Å². The lowest BCUT2D eigenvalue weighted by Gasteiger charge is -2.29. The summed E-state index contributed by atoms with van der Waals surface area (Å²) in [5.41, 5.74) is 5.83. The van der Waals surface area contributed by atoms with E-state index in [2.05, 4.69) is 16.0 Å². The number of allylic oxidation sites excluding steroid dienone is 5. The zero-order valence-electron chi connectivity index (χ0n) is 26.9. The van der Waals surface area contributed by atoms with Gasteiger partial charge in [-0.05, 0) is 44.5 Å². The van der Waals surface area contributed by atoms with Gasteiger partial charge in [-0.15, -0.1) is 0 Å². The standard InChI is InChI=1S/C33H50N4O7/c1-7-8-14-25(44-32(41)36-23-12-21-34)15-11-22-35-30(39)29(33(3,4)5)37-28(38)16-10-9-13-24(2)17-18-26-19-20-27(42-6)31(40)43-26/h7-11,13,16-17,20,22,25-26,29H,12,14-15,18-19,21,23,34H2,1-6H3,(H,35,39)(H,36,41)(H,37,38)/b8-7-,13-9-,16-10-,22-11-,24-17+. The lowest BCUT2D eigenvalue weighted by atomic mass is 9.86. The number of nitrogens with two attached hydrogens (primary N) is 1. The van der Waals surface area contributed by atoms with Crippen LogP contribution in [0.2, 0.25) is 0 Å². The number of cyclic esters (lactones) is 1. The first-order valence-corrected chi connectivity index (χ1v) is 14.9. The van der Waals surface area contributed by atoms with E-state index >= 15 is 0 Å². The number of carbonyl (C=O) groups excluding carboxylic acids is 4. The minimum Gasteiger partial charge on any atom is -0.490 e. The zero-order chi connectivity index (χ0) is 33.0. The van der Waals surface area contributed by atoms with Crippen molar-refractivity contribution >= 4 is 23.9 Å². The number of amides is 3. The molecular formula is C33H50N4O7. The average Bonchev–Trinajstić information content (AvgIpc) is 2.97. The van der Waals surface area contributed by atoms with Gasteiger partial charge in [0.15, 0.2) is 5.76 Å². The fourth-order valence-corrected chi connectivity index (χ4v) is 3.90. The second-order valence-corrected chi connectivity index (χ2v) is 11.3. The number of esters is 1. The molecule has 0 radical (unpaired) electrons. The third-order valence-electron chi connectivity index (χ3n) is 6.40. The quantitative estimate of drug-likeness (QED) is 0.0623. The maximum atomic E-state index is 13.0. The van der Waals surface area contributed by atoms with Crippen LogP contribution in [0.3, 0.4) is 0 Å². The number of hydrogen-bond donors (Lipinski definition) is 4. The molecule has 0 aromatic heterocycles. The number of ether oxygens (including phenoxy) is 3. The van der Waals surface area contributed by atoms with E-state index in [1.165, 1.54) is 19.4 Å². The van der Waals surface area contributed by atoms with Crippen LogP contribution < -0.4 is 21.7 Å². The second-order valence-electron chi connectivity index (χ2n) is 11.3. The molecule has 0 aliphatic carbocycles. The summed E-state index contributed by atoms with van der Waals surface area (Å²) in [6, 6.07) is -0.802. The summed E-state index contributed by atoms with van der Waals surface area (Å²) in [4.78, 5) is 49.4. The Morgan fingerprint density at radius 3 is 2.50 bits per heavy atom. The van der Waals surface area contributed by atoms with Crippen LogP contribution in [-0.4, -0.2) is 62.3 Å². The molecule has 11 heteroatoms. The normalized spacial score (nSPS) is 17.4. The fourth-order valence-electron chi connectivity index (χ4n) is 3.90. The molecule has 5 N–H and O–H groups in total. The maximum Gasteiger partial charge on any atom is 0.407 e. The molecule has 0 bridgehead atoms. The van der Waals surface area contributed by atoms with Gasteiger partial charge in [-0.3, -0.25) is 9.59 Å². The predicted molar refractivity (Wildman–Crippen MR) is 171 cm³/mol. The van der Waals surface area contributed by atoms with E-state index in [1.807, 2.05) is 58.9 Å². The topological polar surface area (TPSA) is 158 Å². The molecule has 3 amide bonds. The van der Waals surface area contributed by atoms with E-state index in [1.54, 1.807) is 24.3 Å². The molecule has 0 aromatic rings. The largest absolute Gasteiger partial charge is 0.490 e. The molecule has 1 aliphatic heterocycles. The summed E-state index contributed by atoms with van der Waals surface area (Å²) < 4.78 is 15.8. The highest BCUT2D eigenvalue weighted by atomic mass is 16.6. The van der Waals surface area contributed by atoms with Crippen LogP contribution in [0.1, 0.15) is 66.7 Å². The summed E-state index contributed by atoms with van der Waals surface area (Å²) in [6.45, 7) is 10.3. The van der Waals surface area contributed by atoms with Gasteiger partial charge in [-0.1, -0.05) is 68.9 Å². The second kappa shape index (κ2) is 20.7. The van der Waals surface area contributed by atoms with Crippen molar-refractivity contribution in [2.24, 2.45) is 11.1 Å². The van der Waals surface area contributed by atoms with Gasteiger partial charge >= 0.3 is 12.1 Å². The molecule has 1 aliphatic rings. The Kier molecular flexibility index (Phi) is 17.9. The summed E-state index contributed by atoms with van der Waals surface area (Å²) in [7, 11) is 1.43. The van der Waals surface area contributed by atoms with Crippen molar-refractivity contribution in [3.8, 4) is 0 Å². The van der Waals surface area contributed by atoms with E-state index in [4.69, 9.17) is 19.9 Å². The molecule has 244 valence electrons. The molecule has 0 aromatic carbocycles. The van der Waals surface area contributed by atoms with Gasteiger partial charge in [0.25, 0.3) is 0 Å². The Hall–Kier alpha value is -4.12. The summed E-state index contributed by atoms with van der Waals surface area (Å²) in [5, 5.41) is 8.16. The van der Waals surface area contributed by atoms with Gasteiger partial charge < -0.3 is 35.9 Å². The van der Waals surface area contributed by atoms with E-state index < -0.39 is 35.5 Å². The molecule has 3 unspecified atom stereocenters.